The van der Waals surface area contributed by atoms with Crippen LogP contribution in [0.1, 0.15) is 144 Å². The van der Waals surface area contributed by atoms with Crippen LogP contribution >= 0.6 is 21.6 Å². The van der Waals surface area contributed by atoms with Crippen molar-refractivity contribution in [3.05, 3.63) is 0 Å². The smallest absolute Gasteiger partial charge is 0.220 e. The molecule has 0 radical (unpaired) electrons. The third kappa shape index (κ3) is 24.4. The third-order valence-electron chi connectivity index (χ3n) is 6.41. The van der Waals surface area contributed by atoms with E-state index in [-0.39, 0.29) is 24.2 Å². The molecule has 0 aromatic heterocycles. The molecule has 0 fully saturated rings. The van der Waals surface area contributed by atoms with Crippen LogP contribution in [-0.2, 0) is 14.3 Å². The average Bonchev–Trinajstić information content (AvgIpc) is 2.85. The van der Waals surface area contributed by atoms with Crippen molar-refractivity contribution in [2.75, 3.05) is 24.7 Å². The van der Waals surface area contributed by atoms with Crippen LogP contribution in [0.25, 0.3) is 0 Å². The van der Waals surface area contributed by atoms with Crippen LogP contribution in [0.3, 0.4) is 0 Å². The van der Waals surface area contributed by atoms with Crippen LogP contribution in [0.2, 0.25) is 0 Å². The van der Waals surface area contributed by atoms with Gasteiger partial charge in [0, 0.05) is 31.1 Å². The van der Waals surface area contributed by atoms with E-state index in [0.29, 0.717) is 19.6 Å². The zero-order valence-electron chi connectivity index (χ0n) is 24.6. The van der Waals surface area contributed by atoms with E-state index in [1.165, 1.54) is 89.2 Å². The molecule has 0 aromatic rings. The van der Waals surface area contributed by atoms with Gasteiger partial charge in [0.1, 0.15) is 0 Å². The summed E-state index contributed by atoms with van der Waals surface area (Å²) in [4.78, 5) is 12.1. The minimum Gasteiger partial charge on any atom is -0.375 e. The van der Waals surface area contributed by atoms with Crippen molar-refractivity contribution in [3.63, 3.8) is 0 Å². The summed E-state index contributed by atoms with van der Waals surface area (Å²) < 4.78 is 12.3. The topological polar surface area (TPSA) is 47.6 Å². The minimum atomic E-state index is 0.143. The van der Waals surface area contributed by atoms with Crippen molar-refractivity contribution >= 4 is 27.5 Å². The van der Waals surface area contributed by atoms with Crippen molar-refractivity contribution in [1.82, 2.24) is 5.32 Å². The van der Waals surface area contributed by atoms with Gasteiger partial charge in [-0.1, -0.05) is 119 Å². The summed E-state index contributed by atoms with van der Waals surface area (Å²) in [6.07, 6.45) is 21.6. The molecule has 0 spiro atoms. The Balaban J connectivity index is 3.64. The van der Waals surface area contributed by atoms with Gasteiger partial charge >= 0.3 is 0 Å². The predicted molar refractivity (Wildman–Crippen MR) is 163 cm³/mol. The Labute approximate surface area is 233 Å². The Bertz CT molecular complexity index is 465. The van der Waals surface area contributed by atoms with Crippen molar-refractivity contribution in [2.24, 2.45) is 0 Å². The summed E-state index contributed by atoms with van der Waals surface area (Å²) in [6.45, 7) is 12.3. The maximum Gasteiger partial charge on any atom is 0.220 e. The van der Waals surface area contributed by atoms with E-state index in [1.807, 2.05) is 21.6 Å². The van der Waals surface area contributed by atoms with Gasteiger partial charge in [-0.15, -0.1) is 0 Å². The van der Waals surface area contributed by atoms with Gasteiger partial charge in [-0.05, 0) is 39.5 Å². The first-order chi connectivity index (χ1) is 17.5. The highest BCUT2D eigenvalue weighted by Crippen LogP contribution is 2.24. The molecular weight excluding hydrogens is 486 g/mol. The van der Waals surface area contributed by atoms with Gasteiger partial charge in [0.25, 0.3) is 0 Å². The molecule has 4 nitrogen and oxygen atoms in total. The van der Waals surface area contributed by atoms with Gasteiger partial charge in [-0.2, -0.15) is 0 Å². The zero-order valence-corrected chi connectivity index (χ0v) is 26.3. The summed E-state index contributed by atoms with van der Waals surface area (Å²) in [6, 6.07) is 0. The van der Waals surface area contributed by atoms with Crippen LogP contribution in [-0.4, -0.2) is 48.9 Å². The number of ether oxygens (including phenoxy) is 2. The molecule has 0 rings (SSSR count). The van der Waals surface area contributed by atoms with E-state index in [0.717, 1.165) is 25.0 Å². The van der Waals surface area contributed by atoms with E-state index in [2.05, 4.69) is 39.9 Å². The molecule has 0 aliphatic rings. The third-order valence-corrected chi connectivity index (χ3v) is 8.90. The van der Waals surface area contributed by atoms with Crippen molar-refractivity contribution in [1.29, 1.82) is 0 Å². The van der Waals surface area contributed by atoms with Crippen LogP contribution < -0.4 is 5.32 Å². The fraction of sp³-hybridized carbons (Fsp3) is 0.967. The van der Waals surface area contributed by atoms with Crippen molar-refractivity contribution < 1.29 is 14.3 Å². The molecule has 1 unspecified atom stereocenters. The van der Waals surface area contributed by atoms with E-state index >= 15 is 0 Å². The maximum absolute atomic E-state index is 12.1. The summed E-state index contributed by atoms with van der Waals surface area (Å²) in [7, 11) is 3.77. The predicted octanol–water partition coefficient (Wildman–Crippen LogP) is 9.35. The molecule has 36 heavy (non-hydrogen) atoms. The first-order valence-corrected chi connectivity index (χ1v) is 17.8. The second-order valence-electron chi connectivity index (χ2n) is 10.3. The molecule has 1 N–H and O–H groups in total. The molecule has 0 aliphatic heterocycles. The van der Waals surface area contributed by atoms with Crippen LogP contribution in [0, 0.1) is 0 Å². The van der Waals surface area contributed by atoms with Crippen LogP contribution in [0.4, 0.5) is 0 Å². The molecule has 0 aliphatic carbocycles. The van der Waals surface area contributed by atoms with Gasteiger partial charge in [0.05, 0.1) is 18.3 Å². The number of unbranched alkanes of at least 4 members (excludes halogenated alkanes) is 11. The number of carbonyl (C=O) groups excluding carboxylic acids is 1. The number of hydrogen-bond donors (Lipinski definition) is 1. The van der Waals surface area contributed by atoms with E-state index in [1.54, 1.807) is 0 Å². The Morgan fingerprint density at radius 2 is 1.31 bits per heavy atom. The molecule has 0 saturated heterocycles. The van der Waals surface area contributed by atoms with Crippen molar-refractivity contribution in [2.45, 2.75) is 162 Å². The lowest BCUT2D eigenvalue weighted by molar-refractivity contribution is -0.120. The largest absolute Gasteiger partial charge is 0.375 e. The molecule has 0 bridgehead atoms. The SMILES string of the molecule is CCCCCCCCCCCCSSCCC(=O)NCCCOC(CC)[C@@H](CCCCC)OC(C)C. The number of hydrogen-bond acceptors (Lipinski definition) is 5. The highest BCUT2D eigenvalue weighted by Gasteiger charge is 2.22. The maximum atomic E-state index is 12.1. The molecule has 1 amide bonds. The van der Waals surface area contributed by atoms with E-state index < -0.39 is 0 Å². The molecule has 216 valence electrons. The normalized spacial score (nSPS) is 13.3. The van der Waals surface area contributed by atoms with Gasteiger partial charge < -0.3 is 14.8 Å². The lowest BCUT2D eigenvalue weighted by Crippen LogP contribution is -2.34. The van der Waals surface area contributed by atoms with Gasteiger partial charge in [0.2, 0.25) is 5.91 Å². The lowest BCUT2D eigenvalue weighted by Gasteiger charge is -2.28. The standard InChI is InChI=1S/C30H61NO3S2/c1-6-9-11-12-13-14-15-16-17-19-25-35-36-26-22-30(32)31-23-20-24-33-28(8-3)29(34-27(4)5)21-18-10-7-2/h27-29H,6-26H2,1-5H3,(H,31,32)/t28?,29-/m1/s1. The van der Waals surface area contributed by atoms with E-state index in [9.17, 15) is 4.79 Å². The first kappa shape index (κ1) is 36.1. The molecular formula is C30H61NO3S2. The summed E-state index contributed by atoms with van der Waals surface area (Å²) in [5.74, 6) is 2.27. The van der Waals surface area contributed by atoms with E-state index in [4.69, 9.17) is 9.47 Å². The molecule has 6 heteroatoms. The molecule has 0 heterocycles. The molecule has 2 atom stereocenters. The fourth-order valence-corrected chi connectivity index (χ4v) is 6.44. The summed E-state index contributed by atoms with van der Waals surface area (Å²) in [5.41, 5.74) is 0. The highest BCUT2D eigenvalue weighted by atomic mass is 33.1. The average molecular weight is 548 g/mol. The van der Waals surface area contributed by atoms with Gasteiger partial charge in [0.15, 0.2) is 0 Å². The Morgan fingerprint density at radius 1 is 0.722 bits per heavy atom. The second-order valence-corrected chi connectivity index (χ2v) is 13.0. The summed E-state index contributed by atoms with van der Waals surface area (Å²) >= 11 is 0. The minimum absolute atomic E-state index is 0.143. The molecule has 0 saturated carbocycles. The van der Waals surface area contributed by atoms with Crippen molar-refractivity contribution in [3.8, 4) is 0 Å². The number of amides is 1. The zero-order chi connectivity index (χ0) is 26.7. The second kappa shape index (κ2) is 28.1. The van der Waals surface area contributed by atoms with Gasteiger partial charge in [-0.25, -0.2) is 0 Å². The summed E-state index contributed by atoms with van der Waals surface area (Å²) in [5, 5.41) is 3.05. The number of rotatable bonds is 28. The van der Waals surface area contributed by atoms with Gasteiger partial charge in [-0.3, -0.25) is 4.79 Å². The van der Waals surface area contributed by atoms with Crippen LogP contribution in [0.5, 0.6) is 0 Å². The Morgan fingerprint density at radius 3 is 1.92 bits per heavy atom. The Hall–Kier alpha value is 0.0900. The lowest BCUT2D eigenvalue weighted by atomic mass is 10.0. The Kier molecular flexibility index (Phi) is 28.2. The fourth-order valence-electron chi connectivity index (χ4n) is 4.30. The highest BCUT2D eigenvalue weighted by molar-refractivity contribution is 8.76. The number of nitrogens with one attached hydrogen (secondary N) is 1. The van der Waals surface area contributed by atoms with Crippen LogP contribution in [0.15, 0.2) is 0 Å². The molecule has 0 aromatic carbocycles. The first-order valence-electron chi connectivity index (χ1n) is 15.3. The number of carbonyl (C=O) groups is 1. The quantitative estimate of drug-likeness (QED) is 0.0781. The monoisotopic (exact) mass is 547 g/mol.